The molecule has 0 spiro atoms. The zero-order valence-corrected chi connectivity index (χ0v) is 16.8. The van der Waals surface area contributed by atoms with Crippen molar-refractivity contribution in [1.82, 2.24) is 14.8 Å². The number of fused-ring (bicyclic) bond motifs is 2. The molecule has 142 valence electrons. The standard InChI is InChI=1S/C20H29N3O2S/c1-4-8-22-9-10-23(19-13-26(24,25)12-18(19)22)11-16-6-5-7-17-14(2)15(3)21-20(16)17/h5-7,18-19,21H,4,8-13H2,1-3H3/t18-,19+/m1/s1. The van der Waals surface area contributed by atoms with Gasteiger partial charge in [-0.05, 0) is 37.9 Å². The molecule has 0 amide bonds. The number of para-hydroxylation sites is 1. The van der Waals surface area contributed by atoms with Gasteiger partial charge in [-0.25, -0.2) is 8.42 Å². The SMILES string of the molecule is CCCN1CCN(Cc2cccc3c(C)c(C)[nH]c23)[C@H]2CS(=O)(=O)C[C@H]21. The van der Waals surface area contributed by atoms with Crippen molar-refractivity contribution in [3.63, 3.8) is 0 Å². The van der Waals surface area contributed by atoms with Crippen LogP contribution in [0.5, 0.6) is 0 Å². The summed E-state index contributed by atoms with van der Waals surface area (Å²) in [7, 11) is -2.94. The summed E-state index contributed by atoms with van der Waals surface area (Å²) in [4.78, 5) is 8.34. The molecule has 0 unspecified atom stereocenters. The van der Waals surface area contributed by atoms with E-state index in [2.05, 4.69) is 53.8 Å². The molecule has 0 radical (unpaired) electrons. The van der Waals surface area contributed by atoms with Gasteiger partial charge in [-0.15, -0.1) is 0 Å². The third-order valence-corrected chi connectivity index (χ3v) is 7.92. The summed E-state index contributed by atoms with van der Waals surface area (Å²) < 4.78 is 24.7. The van der Waals surface area contributed by atoms with E-state index in [1.807, 2.05) is 0 Å². The quantitative estimate of drug-likeness (QED) is 0.892. The Balaban J connectivity index is 1.64. The summed E-state index contributed by atoms with van der Waals surface area (Å²) >= 11 is 0. The molecule has 26 heavy (non-hydrogen) atoms. The number of piperazine rings is 1. The highest BCUT2D eigenvalue weighted by Gasteiger charge is 2.46. The predicted octanol–water partition coefficient (Wildman–Crippen LogP) is 2.48. The van der Waals surface area contributed by atoms with Crippen molar-refractivity contribution in [2.45, 2.75) is 45.8 Å². The van der Waals surface area contributed by atoms with Crippen LogP contribution in [0, 0.1) is 13.8 Å². The Morgan fingerprint density at radius 3 is 2.54 bits per heavy atom. The van der Waals surface area contributed by atoms with Crippen LogP contribution in [0.3, 0.4) is 0 Å². The summed E-state index contributed by atoms with van der Waals surface area (Å²) in [5.41, 5.74) is 4.99. The van der Waals surface area contributed by atoms with Crippen LogP contribution in [0.4, 0.5) is 0 Å². The largest absolute Gasteiger partial charge is 0.358 e. The van der Waals surface area contributed by atoms with Crippen molar-refractivity contribution in [2.24, 2.45) is 0 Å². The van der Waals surface area contributed by atoms with Crippen LogP contribution in [-0.2, 0) is 16.4 Å². The second-order valence-corrected chi connectivity index (χ2v) is 10.1. The number of aromatic nitrogens is 1. The highest BCUT2D eigenvalue weighted by Crippen LogP contribution is 2.30. The number of rotatable bonds is 4. The third-order valence-electron chi connectivity index (χ3n) is 6.22. The second-order valence-electron chi connectivity index (χ2n) is 7.93. The first kappa shape index (κ1) is 18.0. The van der Waals surface area contributed by atoms with Crippen LogP contribution in [0.15, 0.2) is 18.2 Å². The first-order valence-corrected chi connectivity index (χ1v) is 11.5. The minimum atomic E-state index is -2.94. The molecule has 2 aliphatic rings. The minimum absolute atomic E-state index is 0.118. The van der Waals surface area contributed by atoms with Crippen LogP contribution in [0.25, 0.3) is 10.9 Å². The molecule has 5 nitrogen and oxygen atoms in total. The second kappa shape index (κ2) is 6.66. The van der Waals surface area contributed by atoms with Gasteiger partial charge in [0.1, 0.15) is 0 Å². The van der Waals surface area contributed by atoms with Crippen molar-refractivity contribution in [1.29, 1.82) is 0 Å². The summed E-state index contributed by atoms with van der Waals surface area (Å²) in [5.74, 6) is 0.621. The summed E-state index contributed by atoms with van der Waals surface area (Å²) in [6, 6.07) is 6.73. The summed E-state index contributed by atoms with van der Waals surface area (Å²) in [5, 5.41) is 1.28. The lowest BCUT2D eigenvalue weighted by atomic mass is 10.0. The van der Waals surface area contributed by atoms with E-state index in [0.29, 0.717) is 11.5 Å². The molecule has 0 aliphatic carbocycles. The molecule has 2 aromatic rings. The van der Waals surface area contributed by atoms with E-state index >= 15 is 0 Å². The molecule has 2 saturated heterocycles. The van der Waals surface area contributed by atoms with Gasteiger partial charge in [0.05, 0.1) is 17.0 Å². The van der Waals surface area contributed by atoms with Crippen molar-refractivity contribution in [3.8, 4) is 0 Å². The Morgan fingerprint density at radius 2 is 1.81 bits per heavy atom. The molecule has 4 rings (SSSR count). The van der Waals surface area contributed by atoms with E-state index in [1.165, 1.54) is 27.7 Å². The van der Waals surface area contributed by atoms with Gasteiger partial charge in [0.2, 0.25) is 0 Å². The topological polar surface area (TPSA) is 56.4 Å². The maximum absolute atomic E-state index is 12.3. The maximum Gasteiger partial charge on any atom is 0.153 e. The molecule has 2 aliphatic heterocycles. The van der Waals surface area contributed by atoms with Crippen molar-refractivity contribution in [3.05, 3.63) is 35.0 Å². The number of H-pyrrole nitrogens is 1. The van der Waals surface area contributed by atoms with Crippen molar-refractivity contribution in [2.75, 3.05) is 31.1 Å². The number of aromatic amines is 1. The number of aryl methyl sites for hydroxylation is 2. The van der Waals surface area contributed by atoms with Crippen LogP contribution >= 0.6 is 0 Å². The monoisotopic (exact) mass is 375 g/mol. The Labute approximate surface area is 156 Å². The van der Waals surface area contributed by atoms with Crippen LogP contribution < -0.4 is 0 Å². The van der Waals surface area contributed by atoms with E-state index in [0.717, 1.165) is 32.6 Å². The number of sulfone groups is 1. The highest BCUT2D eigenvalue weighted by atomic mass is 32.2. The first-order chi connectivity index (χ1) is 12.4. The fraction of sp³-hybridized carbons (Fsp3) is 0.600. The molecule has 0 saturated carbocycles. The average molecular weight is 376 g/mol. The normalized spacial score (nSPS) is 26.4. The lowest BCUT2D eigenvalue weighted by molar-refractivity contribution is 0.0408. The van der Waals surface area contributed by atoms with E-state index in [4.69, 9.17) is 0 Å². The fourth-order valence-electron chi connectivity index (χ4n) is 4.75. The summed E-state index contributed by atoms with van der Waals surface area (Å²) in [6.07, 6.45) is 1.07. The van der Waals surface area contributed by atoms with Gasteiger partial charge in [-0.1, -0.05) is 25.1 Å². The lowest BCUT2D eigenvalue weighted by Crippen LogP contribution is -2.58. The van der Waals surface area contributed by atoms with E-state index in [9.17, 15) is 8.42 Å². The third kappa shape index (κ3) is 3.08. The zero-order valence-electron chi connectivity index (χ0n) is 16.0. The number of nitrogens with one attached hydrogen (secondary N) is 1. The molecule has 1 aromatic heterocycles. The maximum atomic E-state index is 12.3. The highest BCUT2D eigenvalue weighted by molar-refractivity contribution is 7.91. The average Bonchev–Trinajstić information content (AvgIpc) is 3.07. The van der Waals surface area contributed by atoms with Gasteiger partial charge in [-0.2, -0.15) is 0 Å². The minimum Gasteiger partial charge on any atom is -0.358 e. The molecule has 2 fully saturated rings. The number of hydrogen-bond donors (Lipinski definition) is 1. The molecule has 0 bridgehead atoms. The Morgan fingerprint density at radius 1 is 1.12 bits per heavy atom. The molecule has 3 heterocycles. The number of benzene rings is 1. The Kier molecular flexibility index (Phi) is 4.61. The van der Waals surface area contributed by atoms with Crippen LogP contribution in [-0.4, -0.2) is 66.4 Å². The van der Waals surface area contributed by atoms with E-state index < -0.39 is 9.84 Å². The lowest BCUT2D eigenvalue weighted by Gasteiger charge is -2.44. The Hall–Kier alpha value is -1.37. The van der Waals surface area contributed by atoms with E-state index in [1.54, 1.807) is 0 Å². The molecular formula is C20H29N3O2S. The molecule has 1 N–H and O–H groups in total. The predicted molar refractivity (Wildman–Crippen MR) is 106 cm³/mol. The van der Waals surface area contributed by atoms with Gasteiger partial charge in [0.25, 0.3) is 0 Å². The Bertz CT molecular complexity index is 919. The zero-order chi connectivity index (χ0) is 18.5. The van der Waals surface area contributed by atoms with E-state index in [-0.39, 0.29) is 12.1 Å². The fourth-order valence-corrected chi connectivity index (χ4v) is 6.79. The van der Waals surface area contributed by atoms with Gasteiger partial charge in [0, 0.05) is 42.8 Å². The molecular weight excluding hydrogens is 346 g/mol. The van der Waals surface area contributed by atoms with Gasteiger partial charge in [-0.3, -0.25) is 9.80 Å². The smallest absolute Gasteiger partial charge is 0.153 e. The van der Waals surface area contributed by atoms with Crippen molar-refractivity contribution < 1.29 is 8.42 Å². The van der Waals surface area contributed by atoms with Gasteiger partial charge >= 0.3 is 0 Å². The van der Waals surface area contributed by atoms with Gasteiger partial charge < -0.3 is 4.98 Å². The molecule has 2 atom stereocenters. The van der Waals surface area contributed by atoms with Gasteiger partial charge in [0.15, 0.2) is 9.84 Å². The van der Waals surface area contributed by atoms with Crippen molar-refractivity contribution >= 4 is 20.7 Å². The first-order valence-electron chi connectivity index (χ1n) is 9.65. The number of nitrogens with zero attached hydrogens (tertiary/aromatic N) is 2. The summed E-state index contributed by atoms with van der Waals surface area (Å²) in [6.45, 7) is 10.1. The van der Waals surface area contributed by atoms with Crippen LogP contribution in [0.1, 0.15) is 30.2 Å². The van der Waals surface area contributed by atoms with Crippen LogP contribution in [0.2, 0.25) is 0 Å². The molecule has 1 aromatic carbocycles. The number of hydrogen-bond acceptors (Lipinski definition) is 4. The molecule has 6 heteroatoms.